The average Bonchev–Trinajstić information content (AvgIpc) is 2.86. The van der Waals surface area contributed by atoms with Gasteiger partial charge in [-0.25, -0.2) is 4.98 Å². The average molecular weight is 198 g/mol. The van der Waals surface area contributed by atoms with Crippen LogP contribution < -0.4 is 0 Å². The number of rotatable bonds is 1. The molecular weight excluding hydrogens is 188 g/mol. The fourth-order valence-electron chi connectivity index (χ4n) is 1.77. The van der Waals surface area contributed by atoms with Gasteiger partial charge in [-0.3, -0.25) is 0 Å². The highest BCUT2D eigenvalue weighted by Crippen LogP contribution is 2.23. The molecule has 0 saturated heterocycles. The van der Waals surface area contributed by atoms with Crippen molar-refractivity contribution < 1.29 is 4.42 Å². The van der Waals surface area contributed by atoms with Gasteiger partial charge in [0.15, 0.2) is 5.76 Å². The van der Waals surface area contributed by atoms with Crippen LogP contribution in [0.2, 0.25) is 0 Å². The Morgan fingerprint density at radius 2 is 2.20 bits per heavy atom. The smallest absolute Gasteiger partial charge is 0.154 e. The summed E-state index contributed by atoms with van der Waals surface area (Å²) in [5, 5.41) is 0. The largest absolute Gasteiger partial charge is 0.463 e. The van der Waals surface area contributed by atoms with Crippen LogP contribution in [0.25, 0.3) is 17.0 Å². The first-order chi connectivity index (χ1) is 7.34. The molecule has 3 aromatic heterocycles. The Balaban J connectivity index is 2.38. The maximum atomic E-state index is 5.38. The first-order valence-electron chi connectivity index (χ1n) is 4.83. The van der Waals surface area contributed by atoms with E-state index in [9.17, 15) is 0 Å². The first kappa shape index (κ1) is 8.29. The van der Waals surface area contributed by atoms with Gasteiger partial charge in [0.05, 0.1) is 17.5 Å². The van der Waals surface area contributed by atoms with Crippen molar-refractivity contribution in [2.24, 2.45) is 0 Å². The number of aryl methyl sites for hydroxylation is 1. The van der Waals surface area contributed by atoms with Gasteiger partial charge in [-0.2, -0.15) is 0 Å². The fourth-order valence-corrected chi connectivity index (χ4v) is 1.77. The molecule has 0 unspecified atom stereocenters. The molecule has 3 heterocycles. The van der Waals surface area contributed by atoms with Crippen LogP contribution in [0.15, 0.2) is 47.3 Å². The number of nitrogens with zero attached hydrogens (tertiary/aromatic N) is 2. The van der Waals surface area contributed by atoms with E-state index in [4.69, 9.17) is 4.42 Å². The van der Waals surface area contributed by atoms with Crippen molar-refractivity contribution in [3.05, 3.63) is 48.6 Å². The third-order valence-corrected chi connectivity index (χ3v) is 2.39. The molecule has 0 N–H and O–H groups in total. The maximum absolute atomic E-state index is 5.38. The highest BCUT2D eigenvalue weighted by molar-refractivity contribution is 5.73. The lowest BCUT2D eigenvalue weighted by atomic mass is 10.2. The molecule has 0 saturated carbocycles. The van der Waals surface area contributed by atoms with E-state index in [2.05, 4.69) is 9.38 Å². The van der Waals surface area contributed by atoms with Gasteiger partial charge in [0, 0.05) is 12.4 Å². The molecule has 0 amide bonds. The Morgan fingerprint density at radius 3 is 3.00 bits per heavy atom. The summed E-state index contributed by atoms with van der Waals surface area (Å²) in [7, 11) is 0. The van der Waals surface area contributed by atoms with E-state index in [0.717, 1.165) is 22.7 Å². The Hall–Kier alpha value is -2.03. The minimum Gasteiger partial charge on any atom is -0.463 e. The van der Waals surface area contributed by atoms with Crippen molar-refractivity contribution in [2.75, 3.05) is 0 Å². The minimum atomic E-state index is 0.808. The van der Waals surface area contributed by atoms with Gasteiger partial charge in [0.2, 0.25) is 0 Å². The number of hydrogen-bond acceptors (Lipinski definition) is 2. The summed E-state index contributed by atoms with van der Waals surface area (Å²) in [6.45, 7) is 1.98. The summed E-state index contributed by atoms with van der Waals surface area (Å²) in [5.74, 6) is 0.808. The zero-order valence-electron chi connectivity index (χ0n) is 8.34. The van der Waals surface area contributed by atoms with Gasteiger partial charge in [-0.1, -0.05) is 0 Å². The van der Waals surface area contributed by atoms with Gasteiger partial charge in [-0.05, 0) is 31.2 Å². The minimum absolute atomic E-state index is 0.808. The Kier molecular flexibility index (Phi) is 1.65. The Morgan fingerprint density at radius 1 is 1.27 bits per heavy atom. The van der Waals surface area contributed by atoms with Crippen LogP contribution in [0.3, 0.4) is 0 Å². The number of fused-ring (bicyclic) bond motifs is 1. The molecule has 0 atom stereocenters. The molecule has 15 heavy (non-hydrogen) atoms. The number of hydrogen-bond donors (Lipinski definition) is 0. The molecule has 3 nitrogen and oxygen atoms in total. The summed E-state index contributed by atoms with van der Waals surface area (Å²) in [4.78, 5) is 4.50. The maximum Gasteiger partial charge on any atom is 0.154 e. The monoisotopic (exact) mass is 198 g/mol. The summed E-state index contributed by atoms with van der Waals surface area (Å²) < 4.78 is 7.43. The van der Waals surface area contributed by atoms with E-state index in [1.165, 1.54) is 0 Å². The van der Waals surface area contributed by atoms with Crippen molar-refractivity contribution in [1.82, 2.24) is 9.38 Å². The van der Waals surface area contributed by atoms with E-state index in [0.29, 0.717) is 0 Å². The molecule has 0 bridgehead atoms. The quantitative estimate of drug-likeness (QED) is 0.601. The van der Waals surface area contributed by atoms with Crippen molar-refractivity contribution >= 4 is 5.52 Å². The second-order valence-corrected chi connectivity index (χ2v) is 3.51. The second-order valence-electron chi connectivity index (χ2n) is 3.51. The number of aromatic nitrogens is 2. The van der Waals surface area contributed by atoms with Crippen LogP contribution in [-0.4, -0.2) is 9.38 Å². The molecular formula is C12H10N2O. The lowest BCUT2D eigenvalue weighted by molar-refractivity contribution is 0.580. The molecule has 0 aliphatic rings. The highest BCUT2D eigenvalue weighted by Gasteiger charge is 2.08. The van der Waals surface area contributed by atoms with Crippen LogP contribution >= 0.6 is 0 Å². The van der Waals surface area contributed by atoms with Gasteiger partial charge < -0.3 is 8.82 Å². The van der Waals surface area contributed by atoms with Crippen LogP contribution in [0, 0.1) is 6.92 Å². The lowest BCUT2D eigenvalue weighted by Crippen LogP contribution is -1.92. The predicted molar refractivity (Wildman–Crippen MR) is 57.6 cm³/mol. The first-order valence-corrected chi connectivity index (χ1v) is 4.83. The van der Waals surface area contributed by atoms with Crippen LogP contribution in [0.1, 0.15) is 5.69 Å². The highest BCUT2D eigenvalue weighted by atomic mass is 16.3. The lowest BCUT2D eigenvalue weighted by Gasteiger charge is -2.02. The molecule has 3 heteroatoms. The predicted octanol–water partition coefficient (Wildman–Crippen LogP) is 2.90. The van der Waals surface area contributed by atoms with Crippen LogP contribution in [-0.2, 0) is 0 Å². The Bertz CT molecular complexity index is 593. The van der Waals surface area contributed by atoms with Crippen LogP contribution in [0.5, 0.6) is 0 Å². The summed E-state index contributed by atoms with van der Waals surface area (Å²) in [5.41, 5.74) is 2.94. The summed E-state index contributed by atoms with van der Waals surface area (Å²) in [6, 6.07) is 7.83. The van der Waals surface area contributed by atoms with E-state index in [1.54, 1.807) is 6.26 Å². The van der Waals surface area contributed by atoms with Crippen LogP contribution in [0.4, 0.5) is 0 Å². The summed E-state index contributed by atoms with van der Waals surface area (Å²) >= 11 is 0. The summed E-state index contributed by atoms with van der Waals surface area (Å²) in [6.07, 6.45) is 5.68. The normalized spacial score (nSPS) is 11.0. The Labute approximate surface area is 87.0 Å². The third-order valence-electron chi connectivity index (χ3n) is 2.39. The third kappa shape index (κ3) is 1.24. The van der Waals surface area contributed by atoms with E-state index < -0.39 is 0 Å². The topological polar surface area (TPSA) is 30.4 Å². The van der Waals surface area contributed by atoms with Crippen molar-refractivity contribution in [1.29, 1.82) is 0 Å². The van der Waals surface area contributed by atoms with E-state index >= 15 is 0 Å². The van der Waals surface area contributed by atoms with Crippen molar-refractivity contribution in [3.8, 4) is 11.5 Å². The second kappa shape index (κ2) is 2.98. The van der Waals surface area contributed by atoms with Crippen molar-refractivity contribution in [2.45, 2.75) is 6.92 Å². The number of furan rings is 1. The van der Waals surface area contributed by atoms with Gasteiger partial charge in [0.1, 0.15) is 5.69 Å². The molecule has 0 aliphatic heterocycles. The molecule has 0 spiro atoms. The molecule has 0 aliphatic carbocycles. The van der Waals surface area contributed by atoms with Gasteiger partial charge >= 0.3 is 0 Å². The molecule has 0 radical (unpaired) electrons. The molecule has 74 valence electrons. The SMILES string of the molecule is Cc1cn2cccc2c(-c2ccco2)n1. The van der Waals surface area contributed by atoms with E-state index in [-0.39, 0.29) is 0 Å². The zero-order valence-corrected chi connectivity index (χ0v) is 8.34. The zero-order chi connectivity index (χ0) is 10.3. The van der Waals surface area contributed by atoms with E-state index in [1.807, 2.05) is 43.6 Å². The molecule has 0 aromatic carbocycles. The fraction of sp³-hybridized carbons (Fsp3) is 0.0833. The van der Waals surface area contributed by atoms with Crippen molar-refractivity contribution in [3.63, 3.8) is 0 Å². The standard InChI is InChI=1S/C12H10N2O/c1-9-8-14-6-2-4-10(14)12(13-9)11-5-3-7-15-11/h2-8H,1H3. The van der Waals surface area contributed by atoms with Gasteiger partial charge in [-0.15, -0.1) is 0 Å². The molecule has 0 fully saturated rings. The molecule has 3 aromatic rings. The molecule has 3 rings (SSSR count). The van der Waals surface area contributed by atoms with Gasteiger partial charge in [0.25, 0.3) is 0 Å².